The Morgan fingerprint density at radius 2 is 1.62 bits per heavy atom. The van der Waals surface area contributed by atoms with Crippen LogP contribution in [0.3, 0.4) is 0 Å². The number of nitrogens with one attached hydrogen (secondary N) is 1. The van der Waals surface area contributed by atoms with Gasteiger partial charge in [-0.05, 0) is 41.5 Å². The van der Waals surface area contributed by atoms with Crippen LogP contribution in [0.1, 0.15) is 56.7 Å². The van der Waals surface area contributed by atoms with Gasteiger partial charge < -0.3 is 5.32 Å². The fourth-order valence-electron chi connectivity index (χ4n) is 3.21. The van der Waals surface area contributed by atoms with E-state index in [1.807, 2.05) is 13.0 Å². The van der Waals surface area contributed by atoms with Crippen molar-refractivity contribution in [2.75, 3.05) is 0 Å². The van der Waals surface area contributed by atoms with Crippen molar-refractivity contribution < 1.29 is 0 Å². The van der Waals surface area contributed by atoms with Crippen molar-refractivity contribution in [3.63, 3.8) is 0 Å². The number of hydrogen-bond donors (Lipinski definition) is 1. The molecular weight excluding hydrogens is 290 g/mol. The molecule has 0 heterocycles. The van der Waals surface area contributed by atoms with E-state index in [0.29, 0.717) is 5.92 Å². The molecule has 0 spiro atoms. The van der Waals surface area contributed by atoms with Gasteiger partial charge in [-0.1, -0.05) is 88.5 Å². The molecule has 0 aliphatic rings. The van der Waals surface area contributed by atoms with Crippen molar-refractivity contribution in [3.8, 4) is 0 Å². The Kier molecular flexibility index (Phi) is 5.66. The quantitative estimate of drug-likeness (QED) is 0.604. The van der Waals surface area contributed by atoms with Gasteiger partial charge in [0.15, 0.2) is 0 Å². The molecule has 1 nitrogen and oxygen atoms in total. The Bertz CT molecular complexity index is 712. The van der Waals surface area contributed by atoms with Gasteiger partial charge >= 0.3 is 0 Å². The second-order valence-electron chi connectivity index (χ2n) is 6.76. The number of benzene rings is 2. The largest absolute Gasteiger partial charge is 0.372 e. The van der Waals surface area contributed by atoms with Crippen LogP contribution in [-0.4, -0.2) is 0 Å². The minimum absolute atomic E-state index is 0.452. The standard InChI is InChI=1S/C23H29N/c1-7-19(6)23(24-18(4)5,21-13-9-8-10-14-21)22-15-11-12-20(16-22)17(2)3/h8-17,24H,4,6-7H2,1-3,5H3. The molecule has 0 aromatic heterocycles. The lowest BCUT2D eigenvalue weighted by atomic mass is 9.75. The molecule has 24 heavy (non-hydrogen) atoms. The van der Waals surface area contributed by atoms with Crippen molar-refractivity contribution >= 4 is 0 Å². The molecule has 2 rings (SSSR count). The average molecular weight is 319 g/mol. The maximum atomic E-state index is 4.42. The van der Waals surface area contributed by atoms with Gasteiger partial charge in [-0.15, -0.1) is 0 Å². The molecule has 0 saturated heterocycles. The van der Waals surface area contributed by atoms with Gasteiger partial charge in [0.1, 0.15) is 5.54 Å². The molecule has 126 valence electrons. The topological polar surface area (TPSA) is 12.0 Å². The maximum absolute atomic E-state index is 4.42. The van der Waals surface area contributed by atoms with Crippen molar-refractivity contribution in [2.45, 2.75) is 45.6 Å². The van der Waals surface area contributed by atoms with E-state index in [1.165, 1.54) is 16.7 Å². The Hall–Kier alpha value is -2.28. The summed E-state index contributed by atoms with van der Waals surface area (Å²) in [6.45, 7) is 17.2. The molecule has 0 fully saturated rings. The van der Waals surface area contributed by atoms with Crippen LogP contribution >= 0.6 is 0 Å². The van der Waals surface area contributed by atoms with Crippen molar-refractivity contribution in [1.82, 2.24) is 5.32 Å². The summed E-state index contributed by atoms with van der Waals surface area (Å²) < 4.78 is 0. The van der Waals surface area contributed by atoms with Crippen LogP contribution in [0.4, 0.5) is 0 Å². The van der Waals surface area contributed by atoms with Gasteiger partial charge in [0.2, 0.25) is 0 Å². The van der Waals surface area contributed by atoms with Gasteiger partial charge in [0.05, 0.1) is 0 Å². The fraction of sp³-hybridized carbons (Fsp3) is 0.304. The van der Waals surface area contributed by atoms with Crippen LogP contribution in [-0.2, 0) is 5.54 Å². The Morgan fingerprint density at radius 1 is 1.00 bits per heavy atom. The van der Waals surface area contributed by atoms with E-state index in [4.69, 9.17) is 0 Å². The highest BCUT2D eigenvalue weighted by Crippen LogP contribution is 2.39. The third kappa shape index (κ3) is 3.46. The average Bonchev–Trinajstić information content (AvgIpc) is 2.59. The molecular formula is C23H29N. The lowest BCUT2D eigenvalue weighted by molar-refractivity contribution is 0.505. The monoisotopic (exact) mass is 319 g/mol. The van der Waals surface area contributed by atoms with E-state index in [9.17, 15) is 0 Å². The minimum Gasteiger partial charge on any atom is -0.372 e. The summed E-state index contributed by atoms with van der Waals surface area (Å²) >= 11 is 0. The van der Waals surface area contributed by atoms with Gasteiger partial charge in [-0.3, -0.25) is 0 Å². The van der Waals surface area contributed by atoms with Crippen LogP contribution in [0.5, 0.6) is 0 Å². The Morgan fingerprint density at radius 3 is 2.17 bits per heavy atom. The molecule has 0 amide bonds. The van der Waals surface area contributed by atoms with E-state index < -0.39 is 5.54 Å². The molecule has 1 heteroatoms. The van der Waals surface area contributed by atoms with E-state index in [1.54, 1.807) is 0 Å². The SMILES string of the molecule is C=C(C)NC(C(=C)CC)(c1ccccc1)c1cccc(C(C)C)c1. The molecule has 2 aromatic rings. The van der Waals surface area contributed by atoms with Crippen molar-refractivity contribution in [2.24, 2.45) is 0 Å². The molecule has 0 saturated carbocycles. The van der Waals surface area contributed by atoms with Crippen LogP contribution in [0.25, 0.3) is 0 Å². The second-order valence-corrected chi connectivity index (χ2v) is 6.76. The zero-order chi connectivity index (χ0) is 17.7. The normalized spacial score (nSPS) is 13.4. The van der Waals surface area contributed by atoms with Gasteiger partial charge in [-0.2, -0.15) is 0 Å². The smallest absolute Gasteiger partial charge is 0.109 e. The predicted molar refractivity (Wildman–Crippen MR) is 105 cm³/mol. The number of hydrogen-bond acceptors (Lipinski definition) is 1. The van der Waals surface area contributed by atoms with Gasteiger partial charge in [0, 0.05) is 5.70 Å². The first-order chi connectivity index (χ1) is 11.4. The summed E-state index contributed by atoms with van der Waals surface area (Å²) in [4.78, 5) is 0. The zero-order valence-electron chi connectivity index (χ0n) is 15.4. The minimum atomic E-state index is -0.452. The zero-order valence-corrected chi connectivity index (χ0v) is 15.4. The van der Waals surface area contributed by atoms with E-state index >= 15 is 0 Å². The number of allylic oxidation sites excluding steroid dienone is 1. The second kappa shape index (κ2) is 7.53. The lowest BCUT2D eigenvalue weighted by Gasteiger charge is -2.39. The summed E-state index contributed by atoms with van der Waals surface area (Å²) in [5.74, 6) is 0.484. The first-order valence-corrected chi connectivity index (χ1v) is 8.69. The Labute approximate surface area is 147 Å². The van der Waals surface area contributed by atoms with Crippen LogP contribution in [0.15, 0.2) is 79.0 Å². The van der Waals surface area contributed by atoms with E-state index in [2.05, 4.69) is 87.8 Å². The molecule has 1 N–H and O–H groups in total. The first-order valence-electron chi connectivity index (χ1n) is 8.69. The van der Waals surface area contributed by atoms with Crippen molar-refractivity contribution in [3.05, 3.63) is 95.7 Å². The maximum Gasteiger partial charge on any atom is 0.109 e. The summed E-state index contributed by atoms with van der Waals surface area (Å²) in [6, 6.07) is 19.4. The molecule has 0 bridgehead atoms. The highest BCUT2D eigenvalue weighted by molar-refractivity contribution is 5.49. The van der Waals surface area contributed by atoms with Crippen LogP contribution < -0.4 is 5.32 Å². The fourth-order valence-corrected chi connectivity index (χ4v) is 3.21. The highest BCUT2D eigenvalue weighted by atomic mass is 15.0. The molecule has 0 aliphatic heterocycles. The molecule has 2 aromatic carbocycles. The molecule has 1 atom stereocenters. The lowest BCUT2D eigenvalue weighted by Crippen LogP contribution is -2.43. The van der Waals surface area contributed by atoms with E-state index in [0.717, 1.165) is 17.7 Å². The Balaban J connectivity index is 2.76. The summed E-state index contributed by atoms with van der Waals surface area (Å²) in [5.41, 5.74) is 5.36. The first kappa shape index (κ1) is 18.1. The number of rotatable bonds is 7. The van der Waals surface area contributed by atoms with E-state index in [-0.39, 0.29) is 0 Å². The van der Waals surface area contributed by atoms with Gasteiger partial charge in [-0.25, -0.2) is 0 Å². The highest BCUT2D eigenvalue weighted by Gasteiger charge is 2.36. The van der Waals surface area contributed by atoms with Crippen LogP contribution in [0.2, 0.25) is 0 Å². The predicted octanol–water partition coefficient (Wildman–Crippen LogP) is 6.14. The van der Waals surface area contributed by atoms with Gasteiger partial charge in [0.25, 0.3) is 0 Å². The summed E-state index contributed by atoms with van der Waals surface area (Å²) in [5, 5.41) is 3.65. The van der Waals surface area contributed by atoms with Crippen LogP contribution in [0, 0.1) is 0 Å². The molecule has 0 radical (unpaired) electrons. The summed E-state index contributed by atoms with van der Waals surface area (Å²) in [6.07, 6.45) is 0.890. The summed E-state index contributed by atoms with van der Waals surface area (Å²) in [7, 11) is 0. The van der Waals surface area contributed by atoms with Crippen molar-refractivity contribution in [1.29, 1.82) is 0 Å². The molecule has 0 aliphatic carbocycles. The molecule has 1 unspecified atom stereocenters. The third-order valence-corrected chi connectivity index (χ3v) is 4.55. The third-order valence-electron chi connectivity index (χ3n) is 4.55.